The van der Waals surface area contributed by atoms with Gasteiger partial charge in [-0.1, -0.05) is 6.07 Å². The van der Waals surface area contributed by atoms with Gasteiger partial charge in [0.2, 0.25) is 0 Å². The number of rotatable bonds is 7. The summed E-state index contributed by atoms with van der Waals surface area (Å²) in [5.74, 6) is -4.16. The zero-order valence-corrected chi connectivity index (χ0v) is 11.6. The zero-order chi connectivity index (χ0) is 15.8. The second-order valence-electron chi connectivity index (χ2n) is 3.79. The van der Waals surface area contributed by atoms with Gasteiger partial charge >= 0.3 is 11.9 Å². The third kappa shape index (κ3) is 4.87. The van der Waals surface area contributed by atoms with E-state index in [4.69, 9.17) is 4.74 Å². The van der Waals surface area contributed by atoms with Crippen LogP contribution in [-0.4, -0.2) is 37.0 Å². The average molecular weight is 298 g/mol. The van der Waals surface area contributed by atoms with Crippen LogP contribution in [0.2, 0.25) is 0 Å². The van der Waals surface area contributed by atoms with Crippen molar-refractivity contribution >= 4 is 17.7 Å². The smallest absolute Gasteiger partial charge is 0.379 e. The predicted molar refractivity (Wildman–Crippen MR) is 69.1 cm³/mol. The van der Waals surface area contributed by atoms with E-state index < -0.39 is 29.6 Å². The minimum Gasteiger partial charge on any atom is -0.470 e. The van der Waals surface area contributed by atoms with Gasteiger partial charge in [0.15, 0.2) is 0 Å². The molecule has 0 heterocycles. The lowest BCUT2D eigenvalue weighted by atomic mass is 10.2. The molecule has 0 N–H and O–H groups in total. The van der Waals surface area contributed by atoms with Crippen LogP contribution in [0.3, 0.4) is 0 Å². The number of carbonyl (C=O) groups is 3. The molecule has 0 aliphatic carbocycles. The Morgan fingerprint density at radius 2 is 1.81 bits per heavy atom. The summed E-state index contributed by atoms with van der Waals surface area (Å²) < 4.78 is 27.3. The molecular weight excluding hydrogens is 283 g/mol. The molecule has 0 aromatic heterocycles. The Bertz CT molecular complexity index is 528. The first kappa shape index (κ1) is 16.6. The van der Waals surface area contributed by atoms with E-state index in [9.17, 15) is 18.8 Å². The molecule has 1 rings (SSSR count). The van der Waals surface area contributed by atoms with Gasteiger partial charge in [0.25, 0.3) is 11.9 Å². The first-order valence-electron chi connectivity index (χ1n) is 6.29. The second kappa shape index (κ2) is 7.98. The van der Waals surface area contributed by atoms with Crippen LogP contribution in [-0.2, 0) is 23.9 Å². The second-order valence-corrected chi connectivity index (χ2v) is 3.79. The molecule has 114 valence electrons. The molecule has 0 bridgehead atoms. The summed E-state index contributed by atoms with van der Waals surface area (Å²) in [7, 11) is 0. The van der Waals surface area contributed by atoms with Crippen LogP contribution >= 0.6 is 0 Å². The molecule has 0 amide bonds. The van der Waals surface area contributed by atoms with Crippen molar-refractivity contribution in [1.29, 1.82) is 0 Å². The number of hydrogen-bond acceptors (Lipinski definition) is 6. The number of ether oxygens (including phenoxy) is 3. The van der Waals surface area contributed by atoms with Gasteiger partial charge in [0.1, 0.15) is 11.6 Å². The number of esters is 2. The zero-order valence-electron chi connectivity index (χ0n) is 11.6. The lowest BCUT2D eigenvalue weighted by Crippen LogP contribution is -2.42. The van der Waals surface area contributed by atoms with E-state index in [1.165, 1.54) is 32.0 Å². The highest BCUT2D eigenvalue weighted by Crippen LogP contribution is 2.15. The highest BCUT2D eigenvalue weighted by atomic mass is 19.1. The number of carbonyl (C=O) groups excluding carboxylic acids is 3. The fourth-order valence-corrected chi connectivity index (χ4v) is 1.41. The summed E-state index contributed by atoms with van der Waals surface area (Å²) in [4.78, 5) is 35.0. The van der Waals surface area contributed by atoms with E-state index in [0.717, 1.165) is 6.07 Å². The largest absolute Gasteiger partial charge is 0.470 e. The fraction of sp³-hybridized carbons (Fsp3) is 0.357. The van der Waals surface area contributed by atoms with E-state index in [1.807, 2.05) is 0 Å². The molecule has 7 heteroatoms. The van der Waals surface area contributed by atoms with Gasteiger partial charge in [0, 0.05) is 6.07 Å². The van der Waals surface area contributed by atoms with Crippen LogP contribution < -0.4 is 4.74 Å². The monoisotopic (exact) mass is 298 g/mol. The number of ketones is 1. The predicted octanol–water partition coefficient (Wildman–Crippen LogP) is 1.27. The van der Waals surface area contributed by atoms with Gasteiger partial charge in [-0.15, -0.1) is 0 Å². The molecule has 6 nitrogen and oxygen atoms in total. The number of benzene rings is 1. The van der Waals surface area contributed by atoms with Crippen LogP contribution in [0.4, 0.5) is 4.39 Å². The number of hydrogen-bond donors (Lipinski definition) is 0. The van der Waals surface area contributed by atoms with Crippen LogP contribution in [0.5, 0.6) is 5.75 Å². The Kier molecular flexibility index (Phi) is 6.32. The summed E-state index contributed by atoms with van der Waals surface area (Å²) in [6, 6.07) is 4.82. The minimum absolute atomic E-state index is 0.00203. The summed E-state index contributed by atoms with van der Waals surface area (Å²) in [5, 5.41) is 0. The lowest BCUT2D eigenvalue weighted by Gasteiger charge is -2.15. The molecule has 0 aliphatic rings. The normalized spacial score (nSPS) is 11.4. The average Bonchev–Trinajstić information content (AvgIpc) is 2.44. The van der Waals surface area contributed by atoms with Crippen LogP contribution in [0.25, 0.3) is 0 Å². The minimum atomic E-state index is -1.83. The highest BCUT2D eigenvalue weighted by molar-refractivity contribution is 6.39. The molecule has 0 radical (unpaired) electrons. The quantitative estimate of drug-likeness (QED) is 0.428. The Morgan fingerprint density at radius 1 is 1.14 bits per heavy atom. The van der Waals surface area contributed by atoms with E-state index >= 15 is 0 Å². The Balaban J connectivity index is 2.94. The topological polar surface area (TPSA) is 78.9 Å². The SMILES string of the molecule is CCOC(=O)C(=O)C(Oc1cccc(F)c1)C(=O)OCC. The number of halogens is 1. The molecule has 0 fully saturated rings. The van der Waals surface area contributed by atoms with Gasteiger partial charge in [-0.25, -0.2) is 14.0 Å². The number of Topliss-reactive ketones (excluding diaryl/α,β-unsaturated/α-hetero) is 1. The van der Waals surface area contributed by atoms with Gasteiger partial charge < -0.3 is 14.2 Å². The van der Waals surface area contributed by atoms with Crippen molar-refractivity contribution in [1.82, 2.24) is 0 Å². The molecule has 0 aliphatic heterocycles. The standard InChI is InChI=1S/C14H15FO6/c1-3-19-13(17)11(16)12(14(18)20-4-2)21-10-7-5-6-9(15)8-10/h5-8,12H,3-4H2,1-2H3. The summed E-state index contributed by atoms with van der Waals surface area (Å²) >= 11 is 0. The van der Waals surface area contributed by atoms with Crippen LogP contribution in [0, 0.1) is 5.82 Å². The van der Waals surface area contributed by atoms with Gasteiger partial charge in [-0.05, 0) is 26.0 Å². The molecular formula is C14H15FO6. The maximum absolute atomic E-state index is 13.1. The van der Waals surface area contributed by atoms with E-state index in [0.29, 0.717) is 0 Å². The van der Waals surface area contributed by atoms with E-state index in [2.05, 4.69) is 9.47 Å². The van der Waals surface area contributed by atoms with Gasteiger partial charge in [-0.3, -0.25) is 4.79 Å². The third-order valence-corrected chi connectivity index (χ3v) is 2.27. The lowest BCUT2D eigenvalue weighted by molar-refractivity contribution is -0.164. The van der Waals surface area contributed by atoms with Crippen molar-refractivity contribution in [3.05, 3.63) is 30.1 Å². The summed E-state index contributed by atoms with van der Waals surface area (Å²) in [5.41, 5.74) is 0. The first-order valence-corrected chi connectivity index (χ1v) is 6.29. The van der Waals surface area contributed by atoms with Crippen molar-refractivity contribution in [2.24, 2.45) is 0 Å². The fourth-order valence-electron chi connectivity index (χ4n) is 1.41. The molecule has 1 atom stereocenters. The molecule has 21 heavy (non-hydrogen) atoms. The van der Waals surface area contributed by atoms with E-state index in [1.54, 1.807) is 0 Å². The molecule has 0 saturated heterocycles. The van der Waals surface area contributed by atoms with Crippen molar-refractivity contribution < 1.29 is 33.0 Å². The Morgan fingerprint density at radius 3 is 2.38 bits per heavy atom. The first-order chi connectivity index (χ1) is 9.99. The molecule has 1 aromatic carbocycles. The maximum Gasteiger partial charge on any atom is 0.379 e. The Labute approximate surface area is 120 Å². The molecule has 1 aromatic rings. The summed E-state index contributed by atoms with van der Waals surface area (Å²) in [6.07, 6.45) is -1.83. The summed E-state index contributed by atoms with van der Waals surface area (Å²) in [6.45, 7) is 3.02. The van der Waals surface area contributed by atoms with Crippen molar-refractivity contribution in [3.8, 4) is 5.75 Å². The van der Waals surface area contributed by atoms with Gasteiger partial charge in [0.05, 0.1) is 13.2 Å². The van der Waals surface area contributed by atoms with Crippen LogP contribution in [0.15, 0.2) is 24.3 Å². The highest BCUT2D eigenvalue weighted by Gasteiger charge is 2.36. The maximum atomic E-state index is 13.1. The van der Waals surface area contributed by atoms with Crippen molar-refractivity contribution in [3.63, 3.8) is 0 Å². The van der Waals surface area contributed by atoms with Crippen LogP contribution in [0.1, 0.15) is 13.8 Å². The molecule has 0 saturated carbocycles. The van der Waals surface area contributed by atoms with Crippen molar-refractivity contribution in [2.75, 3.05) is 13.2 Å². The third-order valence-electron chi connectivity index (χ3n) is 2.27. The Hall–Kier alpha value is -2.44. The van der Waals surface area contributed by atoms with E-state index in [-0.39, 0.29) is 19.0 Å². The molecule has 1 unspecified atom stereocenters. The van der Waals surface area contributed by atoms with Gasteiger partial charge in [-0.2, -0.15) is 0 Å². The van der Waals surface area contributed by atoms with Crippen molar-refractivity contribution in [2.45, 2.75) is 20.0 Å². The molecule has 0 spiro atoms.